The molecule has 1 N–H and O–H groups in total. The lowest BCUT2D eigenvalue weighted by Gasteiger charge is -2.33. The first-order valence-electron chi connectivity index (χ1n) is 8.16. The van der Waals surface area contributed by atoms with Gasteiger partial charge in [-0.25, -0.2) is 0 Å². The first-order chi connectivity index (χ1) is 12.2. The van der Waals surface area contributed by atoms with Crippen LogP contribution in [0.1, 0.15) is 22.2 Å². The van der Waals surface area contributed by atoms with Crippen LogP contribution in [0, 0.1) is 0 Å². The average Bonchev–Trinajstić information content (AvgIpc) is 3.17. The monoisotopic (exact) mass is 364 g/mol. The van der Waals surface area contributed by atoms with Gasteiger partial charge in [0, 0.05) is 25.2 Å². The minimum absolute atomic E-state index is 0.0310. The van der Waals surface area contributed by atoms with E-state index in [4.69, 9.17) is 25.5 Å². The highest BCUT2D eigenvalue weighted by molar-refractivity contribution is 6.32. The summed E-state index contributed by atoms with van der Waals surface area (Å²) in [5, 5.41) is 3.38. The van der Waals surface area contributed by atoms with Crippen molar-refractivity contribution in [2.24, 2.45) is 0 Å². The number of halogens is 1. The van der Waals surface area contributed by atoms with Crippen LogP contribution < -0.4 is 10.1 Å². The van der Waals surface area contributed by atoms with Crippen LogP contribution in [0.25, 0.3) is 0 Å². The Morgan fingerprint density at radius 3 is 2.80 bits per heavy atom. The predicted molar refractivity (Wildman–Crippen MR) is 94.2 cm³/mol. The lowest BCUT2D eigenvalue weighted by molar-refractivity contribution is 0.0118. The largest absolute Gasteiger partial charge is 0.495 e. The molecule has 0 radical (unpaired) electrons. The summed E-state index contributed by atoms with van der Waals surface area (Å²) >= 11 is 6.10. The van der Waals surface area contributed by atoms with Crippen molar-refractivity contribution in [3.63, 3.8) is 0 Å². The zero-order valence-corrected chi connectivity index (χ0v) is 14.8. The highest BCUT2D eigenvalue weighted by Crippen LogP contribution is 2.25. The Balaban J connectivity index is 1.68. The number of nitrogens with one attached hydrogen (secondary N) is 1. The summed E-state index contributed by atoms with van der Waals surface area (Å²) in [6.07, 6.45) is 1.65. The molecule has 1 atom stereocenters. The Hall–Kier alpha value is -2.02. The van der Waals surface area contributed by atoms with Gasteiger partial charge in [0.25, 0.3) is 5.91 Å². The zero-order chi connectivity index (χ0) is 17.6. The highest BCUT2D eigenvalue weighted by Gasteiger charge is 2.25. The summed E-state index contributed by atoms with van der Waals surface area (Å²) in [5.41, 5.74) is 0.492. The van der Waals surface area contributed by atoms with Crippen molar-refractivity contribution in [1.29, 1.82) is 0 Å². The van der Waals surface area contributed by atoms with E-state index in [1.807, 2.05) is 12.1 Å². The van der Waals surface area contributed by atoms with Crippen LogP contribution in [0.4, 0.5) is 0 Å². The maximum Gasteiger partial charge on any atom is 0.251 e. The van der Waals surface area contributed by atoms with E-state index in [2.05, 4.69) is 10.2 Å². The smallest absolute Gasteiger partial charge is 0.251 e. The van der Waals surface area contributed by atoms with Crippen molar-refractivity contribution in [1.82, 2.24) is 10.2 Å². The minimum Gasteiger partial charge on any atom is -0.495 e. The molecule has 7 heteroatoms. The molecule has 1 aromatic carbocycles. The van der Waals surface area contributed by atoms with Gasteiger partial charge in [0.05, 0.1) is 37.7 Å². The van der Waals surface area contributed by atoms with Gasteiger partial charge in [-0.15, -0.1) is 0 Å². The molecule has 134 valence electrons. The summed E-state index contributed by atoms with van der Waals surface area (Å²) in [5.74, 6) is 1.18. The van der Waals surface area contributed by atoms with E-state index in [1.165, 1.54) is 7.11 Å². The number of ether oxygens (including phenoxy) is 2. The minimum atomic E-state index is -0.186. The molecule has 6 nitrogen and oxygen atoms in total. The second kappa shape index (κ2) is 8.38. The molecule has 0 saturated carbocycles. The summed E-state index contributed by atoms with van der Waals surface area (Å²) in [6, 6.07) is 8.73. The van der Waals surface area contributed by atoms with Gasteiger partial charge in [-0.3, -0.25) is 9.69 Å². The predicted octanol–water partition coefficient (Wildman–Crippen LogP) is 2.74. The molecular formula is C18H21ClN2O4. The first kappa shape index (κ1) is 17.8. The highest BCUT2D eigenvalue weighted by atomic mass is 35.5. The van der Waals surface area contributed by atoms with Crippen LogP contribution in [-0.4, -0.2) is 50.8 Å². The lowest BCUT2D eigenvalue weighted by atomic mass is 10.1. The Bertz CT molecular complexity index is 699. The summed E-state index contributed by atoms with van der Waals surface area (Å²) in [7, 11) is 1.54. The van der Waals surface area contributed by atoms with E-state index in [0.29, 0.717) is 36.1 Å². The van der Waals surface area contributed by atoms with E-state index in [1.54, 1.807) is 24.5 Å². The maximum absolute atomic E-state index is 12.5. The Morgan fingerprint density at radius 1 is 1.36 bits per heavy atom. The molecule has 2 aromatic rings. The van der Waals surface area contributed by atoms with E-state index >= 15 is 0 Å². The summed E-state index contributed by atoms with van der Waals surface area (Å²) in [6.45, 7) is 3.40. The Morgan fingerprint density at radius 2 is 2.16 bits per heavy atom. The summed E-state index contributed by atoms with van der Waals surface area (Å²) in [4.78, 5) is 14.7. The molecule has 3 rings (SSSR count). The zero-order valence-electron chi connectivity index (χ0n) is 14.0. The SMILES string of the molecule is COc1ccc(C(=O)NC[C@@H](c2ccco2)N2CCOCC2)cc1Cl. The number of hydrogen-bond donors (Lipinski definition) is 1. The van der Waals surface area contributed by atoms with Gasteiger partial charge < -0.3 is 19.2 Å². The van der Waals surface area contributed by atoms with Crippen LogP contribution in [0.15, 0.2) is 41.0 Å². The number of furan rings is 1. The van der Waals surface area contributed by atoms with Crippen LogP contribution in [0.3, 0.4) is 0 Å². The third kappa shape index (κ3) is 4.34. The number of carbonyl (C=O) groups excluding carboxylic acids is 1. The number of amides is 1. The van der Waals surface area contributed by atoms with Gasteiger partial charge in [0.15, 0.2) is 0 Å². The second-order valence-corrected chi connectivity index (χ2v) is 6.15. The van der Waals surface area contributed by atoms with Crippen LogP contribution in [-0.2, 0) is 4.74 Å². The van der Waals surface area contributed by atoms with E-state index in [9.17, 15) is 4.79 Å². The molecule has 1 saturated heterocycles. The molecule has 1 amide bonds. The van der Waals surface area contributed by atoms with Crippen LogP contribution >= 0.6 is 11.6 Å². The fourth-order valence-electron chi connectivity index (χ4n) is 2.88. The van der Waals surface area contributed by atoms with Gasteiger partial charge >= 0.3 is 0 Å². The number of morpholine rings is 1. The van der Waals surface area contributed by atoms with Crippen molar-refractivity contribution >= 4 is 17.5 Å². The first-order valence-corrected chi connectivity index (χ1v) is 8.54. The quantitative estimate of drug-likeness (QED) is 0.853. The third-order valence-electron chi connectivity index (χ3n) is 4.23. The van der Waals surface area contributed by atoms with Crippen molar-refractivity contribution in [3.05, 3.63) is 52.9 Å². The van der Waals surface area contributed by atoms with Crippen molar-refractivity contribution < 1.29 is 18.7 Å². The molecule has 25 heavy (non-hydrogen) atoms. The number of rotatable bonds is 6. The Labute approximate surface area is 151 Å². The fourth-order valence-corrected chi connectivity index (χ4v) is 3.14. The molecule has 1 aliphatic heterocycles. The normalized spacial score (nSPS) is 16.4. The molecule has 1 aromatic heterocycles. The third-order valence-corrected chi connectivity index (χ3v) is 4.52. The van der Waals surface area contributed by atoms with Crippen molar-refractivity contribution in [3.8, 4) is 5.75 Å². The molecule has 1 fully saturated rings. The van der Waals surface area contributed by atoms with E-state index < -0.39 is 0 Å². The molecule has 0 aliphatic carbocycles. The molecule has 0 spiro atoms. The maximum atomic E-state index is 12.5. The van der Waals surface area contributed by atoms with Crippen molar-refractivity contribution in [2.75, 3.05) is 40.0 Å². The number of carbonyl (C=O) groups is 1. The van der Waals surface area contributed by atoms with Crippen LogP contribution in [0.5, 0.6) is 5.75 Å². The summed E-state index contributed by atoms with van der Waals surface area (Å²) < 4.78 is 16.1. The topological polar surface area (TPSA) is 63.9 Å². The van der Waals surface area contributed by atoms with Crippen LogP contribution in [0.2, 0.25) is 5.02 Å². The Kier molecular flexibility index (Phi) is 5.96. The van der Waals surface area contributed by atoms with E-state index in [0.717, 1.165) is 18.8 Å². The standard InChI is InChI=1S/C18H21ClN2O4/c1-23-16-5-4-13(11-14(16)19)18(22)20-12-15(17-3-2-8-25-17)21-6-9-24-10-7-21/h2-5,8,11,15H,6-7,9-10,12H2,1H3,(H,20,22)/t15-/m0/s1. The van der Waals surface area contributed by atoms with Gasteiger partial charge in [-0.05, 0) is 30.3 Å². The van der Waals surface area contributed by atoms with Gasteiger partial charge in [0.2, 0.25) is 0 Å². The van der Waals surface area contributed by atoms with Crippen molar-refractivity contribution in [2.45, 2.75) is 6.04 Å². The molecule has 0 bridgehead atoms. The molecule has 1 aliphatic rings. The second-order valence-electron chi connectivity index (χ2n) is 5.74. The molecular weight excluding hydrogens is 344 g/mol. The number of methoxy groups -OCH3 is 1. The lowest BCUT2D eigenvalue weighted by Crippen LogP contribution is -2.43. The van der Waals surface area contributed by atoms with Gasteiger partial charge in [0.1, 0.15) is 11.5 Å². The van der Waals surface area contributed by atoms with Gasteiger partial charge in [-0.1, -0.05) is 11.6 Å². The molecule has 2 heterocycles. The number of benzene rings is 1. The number of hydrogen-bond acceptors (Lipinski definition) is 5. The molecule has 0 unspecified atom stereocenters. The van der Waals surface area contributed by atoms with Gasteiger partial charge in [-0.2, -0.15) is 0 Å². The number of nitrogens with zero attached hydrogens (tertiary/aromatic N) is 1. The van der Waals surface area contributed by atoms with E-state index in [-0.39, 0.29) is 11.9 Å². The fraction of sp³-hybridized carbons (Fsp3) is 0.389. The average molecular weight is 365 g/mol.